The number of carbonyl (C=O) groups is 4. The average molecular weight is 321 g/mol. The van der Waals surface area contributed by atoms with Crippen LogP contribution in [0.5, 0.6) is 0 Å². The van der Waals surface area contributed by atoms with Crippen LogP contribution in [-0.2, 0) is 19.2 Å². The largest absolute Gasteiger partial charge is 0.369 e. The van der Waals surface area contributed by atoms with Crippen LogP contribution < -0.4 is 11.1 Å². The number of carbonyl (C=O) groups excluding carboxylic acids is 4. The van der Waals surface area contributed by atoms with Crippen LogP contribution in [0.2, 0.25) is 0 Å². The van der Waals surface area contributed by atoms with Crippen molar-refractivity contribution in [3.05, 3.63) is 24.3 Å². The number of hydrogen-bond acceptors (Lipinski definition) is 5. The Morgan fingerprint density at radius 2 is 1.82 bits per heavy atom. The van der Waals surface area contributed by atoms with Crippen molar-refractivity contribution in [1.82, 2.24) is 4.90 Å². The number of para-hydroxylation sites is 1. The summed E-state index contributed by atoms with van der Waals surface area (Å²) in [5.74, 6) is -1.50. The van der Waals surface area contributed by atoms with E-state index >= 15 is 0 Å². The zero-order chi connectivity index (χ0) is 16.1. The van der Waals surface area contributed by atoms with Crippen molar-refractivity contribution in [2.24, 2.45) is 5.73 Å². The van der Waals surface area contributed by atoms with E-state index in [9.17, 15) is 19.2 Å². The van der Waals surface area contributed by atoms with Gasteiger partial charge in [0.15, 0.2) is 0 Å². The minimum atomic E-state index is -0.462. The topological polar surface area (TPSA) is 110 Å². The van der Waals surface area contributed by atoms with Gasteiger partial charge in [0.05, 0.1) is 11.4 Å². The van der Waals surface area contributed by atoms with Crippen LogP contribution in [0.3, 0.4) is 0 Å². The summed E-state index contributed by atoms with van der Waals surface area (Å²) in [6.07, 6.45) is 0.300. The number of likely N-dealkylation sites (tertiary alicyclic amines) is 1. The first-order valence-electron chi connectivity index (χ1n) is 6.60. The lowest BCUT2D eigenvalue weighted by Gasteiger charge is -2.15. The fourth-order valence-corrected chi connectivity index (χ4v) is 2.72. The van der Waals surface area contributed by atoms with Crippen LogP contribution in [0.1, 0.15) is 12.8 Å². The lowest BCUT2D eigenvalue weighted by molar-refractivity contribution is -0.141. The second-order valence-electron chi connectivity index (χ2n) is 4.67. The number of nitrogens with two attached hydrogens (primary N) is 1. The highest BCUT2D eigenvalue weighted by Gasteiger charge is 2.30. The standard InChI is InChI=1S/C14H15N3O4S/c15-11(18)8-22-10-4-2-1-3-9(10)16-12(19)7-17-13(20)5-6-14(17)21/h1-4H,5-8H2,(H2,15,18)(H,16,19). The molecule has 4 amide bonds. The molecule has 0 spiro atoms. The smallest absolute Gasteiger partial charge is 0.244 e. The molecule has 1 aromatic rings. The van der Waals surface area contributed by atoms with Gasteiger partial charge in [-0.2, -0.15) is 0 Å². The first-order chi connectivity index (χ1) is 10.5. The minimum Gasteiger partial charge on any atom is -0.369 e. The third kappa shape index (κ3) is 4.08. The van der Waals surface area contributed by atoms with Gasteiger partial charge in [-0.15, -0.1) is 11.8 Å². The molecular weight excluding hydrogens is 306 g/mol. The van der Waals surface area contributed by atoms with E-state index in [0.29, 0.717) is 10.6 Å². The summed E-state index contributed by atoms with van der Waals surface area (Å²) in [7, 11) is 0. The van der Waals surface area contributed by atoms with Gasteiger partial charge in [-0.05, 0) is 12.1 Å². The normalized spacial score (nSPS) is 14.3. The Morgan fingerprint density at radius 3 is 2.45 bits per heavy atom. The SMILES string of the molecule is NC(=O)CSc1ccccc1NC(=O)CN1C(=O)CCC1=O. The van der Waals surface area contributed by atoms with Gasteiger partial charge >= 0.3 is 0 Å². The van der Waals surface area contributed by atoms with Gasteiger partial charge in [0.25, 0.3) is 0 Å². The number of nitrogens with one attached hydrogen (secondary N) is 1. The van der Waals surface area contributed by atoms with Gasteiger partial charge in [0.2, 0.25) is 23.6 Å². The predicted octanol–water partition coefficient (Wildman–Crippen LogP) is 0.351. The third-order valence-electron chi connectivity index (χ3n) is 2.99. The van der Waals surface area contributed by atoms with E-state index in [1.807, 2.05) is 0 Å². The third-order valence-corrected chi connectivity index (χ3v) is 4.08. The van der Waals surface area contributed by atoms with Gasteiger partial charge in [0.1, 0.15) is 6.54 Å². The molecule has 0 aliphatic carbocycles. The monoisotopic (exact) mass is 321 g/mol. The number of imide groups is 1. The quantitative estimate of drug-likeness (QED) is 0.580. The van der Waals surface area contributed by atoms with Gasteiger partial charge in [0, 0.05) is 17.7 Å². The van der Waals surface area contributed by atoms with E-state index in [4.69, 9.17) is 5.73 Å². The van der Waals surface area contributed by atoms with Crippen molar-refractivity contribution in [3.8, 4) is 0 Å². The number of anilines is 1. The van der Waals surface area contributed by atoms with E-state index < -0.39 is 11.8 Å². The van der Waals surface area contributed by atoms with Crippen molar-refractivity contribution in [3.63, 3.8) is 0 Å². The number of nitrogens with zero attached hydrogens (tertiary/aromatic N) is 1. The molecule has 0 radical (unpaired) electrons. The molecule has 0 atom stereocenters. The maximum atomic E-state index is 12.0. The van der Waals surface area contributed by atoms with E-state index in [1.165, 1.54) is 11.8 Å². The van der Waals surface area contributed by atoms with Gasteiger partial charge in [-0.25, -0.2) is 0 Å². The highest BCUT2D eigenvalue weighted by molar-refractivity contribution is 8.00. The van der Waals surface area contributed by atoms with Crippen molar-refractivity contribution >= 4 is 41.1 Å². The average Bonchev–Trinajstić information content (AvgIpc) is 2.78. The summed E-state index contributed by atoms with van der Waals surface area (Å²) in [4.78, 5) is 47.4. The molecule has 7 nitrogen and oxygen atoms in total. The molecule has 1 aromatic carbocycles. The van der Waals surface area contributed by atoms with Crippen molar-refractivity contribution in [2.75, 3.05) is 17.6 Å². The van der Waals surface area contributed by atoms with Gasteiger partial charge in [-0.3, -0.25) is 24.1 Å². The first kappa shape index (κ1) is 16.0. The van der Waals surface area contributed by atoms with Crippen molar-refractivity contribution in [2.45, 2.75) is 17.7 Å². The summed E-state index contributed by atoms with van der Waals surface area (Å²) in [5, 5.41) is 2.64. The van der Waals surface area contributed by atoms with E-state index in [2.05, 4.69) is 5.32 Å². The number of benzene rings is 1. The van der Waals surface area contributed by atoms with E-state index in [0.717, 1.165) is 4.90 Å². The Balaban J connectivity index is 2.00. The lowest BCUT2D eigenvalue weighted by Crippen LogP contribution is -2.36. The van der Waals surface area contributed by atoms with Crippen LogP contribution >= 0.6 is 11.8 Å². The van der Waals surface area contributed by atoms with Crippen molar-refractivity contribution < 1.29 is 19.2 Å². The molecule has 0 bridgehead atoms. The minimum absolute atomic E-state index is 0.0932. The summed E-state index contributed by atoms with van der Waals surface area (Å²) >= 11 is 1.20. The van der Waals surface area contributed by atoms with Crippen LogP contribution in [0.15, 0.2) is 29.2 Å². The molecule has 0 saturated carbocycles. The lowest BCUT2D eigenvalue weighted by atomic mass is 10.3. The summed E-state index contributed by atoms with van der Waals surface area (Å²) in [6, 6.07) is 6.92. The Hall–Kier alpha value is -2.35. The number of rotatable bonds is 6. The molecule has 1 fully saturated rings. The molecule has 0 aromatic heterocycles. The fourth-order valence-electron chi connectivity index (χ4n) is 1.98. The van der Waals surface area contributed by atoms with Crippen LogP contribution in [-0.4, -0.2) is 40.8 Å². The van der Waals surface area contributed by atoms with Gasteiger partial charge < -0.3 is 11.1 Å². The highest BCUT2D eigenvalue weighted by atomic mass is 32.2. The molecule has 116 valence electrons. The Labute approximate surface area is 131 Å². The summed E-state index contributed by atoms with van der Waals surface area (Å²) < 4.78 is 0. The summed E-state index contributed by atoms with van der Waals surface area (Å²) in [5.41, 5.74) is 5.61. The highest BCUT2D eigenvalue weighted by Crippen LogP contribution is 2.26. The number of primary amides is 1. The first-order valence-corrected chi connectivity index (χ1v) is 7.59. The molecule has 2 rings (SSSR count). The van der Waals surface area contributed by atoms with Crippen LogP contribution in [0.4, 0.5) is 5.69 Å². The zero-order valence-electron chi connectivity index (χ0n) is 11.7. The summed E-state index contributed by atoms with van der Waals surface area (Å²) in [6.45, 7) is -0.299. The van der Waals surface area contributed by atoms with E-state index in [-0.39, 0.29) is 37.0 Å². The molecule has 22 heavy (non-hydrogen) atoms. The molecule has 1 aliphatic rings. The van der Waals surface area contributed by atoms with Crippen LogP contribution in [0, 0.1) is 0 Å². The maximum Gasteiger partial charge on any atom is 0.244 e. The van der Waals surface area contributed by atoms with Gasteiger partial charge in [-0.1, -0.05) is 12.1 Å². The molecule has 0 unspecified atom stereocenters. The number of thioether (sulfide) groups is 1. The Bertz CT molecular complexity index is 616. The molecular formula is C14H15N3O4S. The van der Waals surface area contributed by atoms with E-state index in [1.54, 1.807) is 24.3 Å². The molecule has 1 aliphatic heterocycles. The number of hydrogen-bond donors (Lipinski definition) is 2. The van der Waals surface area contributed by atoms with Crippen LogP contribution in [0.25, 0.3) is 0 Å². The fraction of sp³-hybridized carbons (Fsp3) is 0.286. The molecule has 3 N–H and O–H groups in total. The van der Waals surface area contributed by atoms with Crippen molar-refractivity contribution in [1.29, 1.82) is 0 Å². The predicted molar refractivity (Wildman–Crippen MR) is 80.9 cm³/mol. The molecule has 8 heteroatoms. The molecule has 1 heterocycles. The second-order valence-corrected chi connectivity index (χ2v) is 5.69. The Morgan fingerprint density at radius 1 is 1.18 bits per heavy atom. The zero-order valence-corrected chi connectivity index (χ0v) is 12.5. The number of amides is 4. The molecule has 1 saturated heterocycles. The Kier molecular flexibility index (Phi) is 5.16. The second kappa shape index (κ2) is 7.08. The maximum absolute atomic E-state index is 12.0.